The highest BCUT2D eigenvalue weighted by atomic mass is 35.5. The van der Waals surface area contributed by atoms with Crippen LogP contribution in [0.4, 0.5) is 0 Å². The van der Waals surface area contributed by atoms with E-state index in [0.717, 1.165) is 35.2 Å². The quantitative estimate of drug-likeness (QED) is 0.579. The zero-order valence-electron chi connectivity index (χ0n) is 17.7. The summed E-state index contributed by atoms with van der Waals surface area (Å²) in [6, 6.07) is 17.5. The fourth-order valence-corrected chi connectivity index (χ4v) is 4.13. The van der Waals surface area contributed by atoms with Gasteiger partial charge >= 0.3 is 0 Å². The molecule has 0 bridgehead atoms. The molecule has 4 rings (SSSR count). The van der Waals surface area contributed by atoms with E-state index < -0.39 is 0 Å². The molecule has 3 aromatic rings. The lowest BCUT2D eigenvalue weighted by Gasteiger charge is -2.30. The van der Waals surface area contributed by atoms with Crippen LogP contribution in [0.5, 0.6) is 0 Å². The molecule has 164 valence electrons. The number of amides is 2. The van der Waals surface area contributed by atoms with Gasteiger partial charge in [0.15, 0.2) is 0 Å². The first-order chi connectivity index (χ1) is 15.5. The molecule has 1 unspecified atom stereocenters. The zero-order valence-corrected chi connectivity index (χ0v) is 18.4. The summed E-state index contributed by atoms with van der Waals surface area (Å²) in [5, 5.41) is 5.45. The minimum atomic E-state index is -0.348. The minimum Gasteiger partial charge on any atom is -0.369 e. The van der Waals surface area contributed by atoms with E-state index >= 15 is 0 Å². The first-order valence-electron chi connectivity index (χ1n) is 10.6. The van der Waals surface area contributed by atoms with E-state index in [1.807, 2.05) is 65.5 Å². The normalized spacial score (nSPS) is 16.4. The molecule has 0 radical (unpaired) electrons. The van der Waals surface area contributed by atoms with E-state index in [9.17, 15) is 9.59 Å². The number of hydrogen-bond donors (Lipinski definition) is 1. The van der Waals surface area contributed by atoms with Crippen molar-refractivity contribution in [2.24, 2.45) is 11.7 Å². The minimum absolute atomic E-state index is 0.131. The van der Waals surface area contributed by atoms with Crippen LogP contribution < -0.4 is 5.73 Å². The molecule has 1 fully saturated rings. The second-order valence-electron chi connectivity index (χ2n) is 7.95. The van der Waals surface area contributed by atoms with Gasteiger partial charge in [0.2, 0.25) is 11.8 Å². The third kappa shape index (κ3) is 5.08. The molecule has 1 atom stereocenters. The number of likely N-dealkylation sites (tertiary alicyclic amines) is 1. The lowest BCUT2D eigenvalue weighted by molar-refractivity contribution is -0.130. The average Bonchev–Trinajstić information content (AvgIpc) is 3.22. The standard InChI is InChI=1S/C25H25ClN4O2/c26-22-11-5-4-9-19(22)16-30-17-20(24(28-30)18-7-2-1-3-8-18)12-13-23(31)29-14-6-10-21(15-29)25(27)32/h1-5,7-9,11-13,17,21H,6,10,14-16H2,(H2,27,32). The molecule has 1 aliphatic rings. The summed E-state index contributed by atoms with van der Waals surface area (Å²) in [5.41, 5.74) is 8.99. The molecule has 6 nitrogen and oxygen atoms in total. The second-order valence-corrected chi connectivity index (χ2v) is 8.35. The van der Waals surface area contributed by atoms with Crippen LogP contribution >= 0.6 is 11.6 Å². The van der Waals surface area contributed by atoms with Gasteiger partial charge in [-0.25, -0.2) is 0 Å². The third-order valence-corrected chi connectivity index (χ3v) is 6.04. The Balaban J connectivity index is 1.59. The number of nitrogens with zero attached hydrogens (tertiary/aromatic N) is 3. The highest BCUT2D eigenvalue weighted by Gasteiger charge is 2.26. The average molecular weight is 449 g/mol. The van der Waals surface area contributed by atoms with Crippen molar-refractivity contribution in [2.75, 3.05) is 13.1 Å². The van der Waals surface area contributed by atoms with Crippen LogP contribution in [0.2, 0.25) is 5.02 Å². The van der Waals surface area contributed by atoms with Crippen molar-refractivity contribution >= 4 is 29.5 Å². The number of halogens is 1. The van der Waals surface area contributed by atoms with Crippen molar-refractivity contribution in [1.82, 2.24) is 14.7 Å². The highest BCUT2D eigenvalue weighted by molar-refractivity contribution is 6.31. The van der Waals surface area contributed by atoms with Gasteiger partial charge in [-0.05, 0) is 30.5 Å². The first-order valence-corrected chi connectivity index (χ1v) is 11.0. The van der Waals surface area contributed by atoms with Gasteiger partial charge in [-0.1, -0.05) is 60.1 Å². The Bertz CT molecular complexity index is 1140. The van der Waals surface area contributed by atoms with Gasteiger partial charge in [0.05, 0.1) is 18.2 Å². The molecule has 2 aromatic carbocycles. The molecule has 7 heteroatoms. The van der Waals surface area contributed by atoms with Crippen molar-refractivity contribution in [3.63, 3.8) is 0 Å². The SMILES string of the molecule is NC(=O)C1CCCN(C(=O)C=Cc2cn(Cc3ccccc3Cl)nc2-c2ccccc2)C1. The van der Waals surface area contributed by atoms with E-state index in [1.54, 1.807) is 17.1 Å². The maximum Gasteiger partial charge on any atom is 0.246 e. The Hall–Kier alpha value is -3.38. The number of rotatable bonds is 6. The maximum atomic E-state index is 12.8. The monoisotopic (exact) mass is 448 g/mol. The summed E-state index contributed by atoms with van der Waals surface area (Å²) in [5.74, 6) is -0.758. The van der Waals surface area contributed by atoms with Gasteiger partial charge in [-0.3, -0.25) is 14.3 Å². The highest BCUT2D eigenvalue weighted by Crippen LogP contribution is 2.25. The van der Waals surface area contributed by atoms with Crippen LogP contribution in [-0.4, -0.2) is 39.6 Å². The summed E-state index contributed by atoms with van der Waals surface area (Å²) in [6.07, 6.45) is 6.76. The van der Waals surface area contributed by atoms with Crippen molar-refractivity contribution in [3.05, 3.63) is 83.0 Å². The van der Waals surface area contributed by atoms with Gasteiger partial charge < -0.3 is 10.6 Å². The molecule has 1 aliphatic heterocycles. The van der Waals surface area contributed by atoms with E-state index in [-0.39, 0.29) is 17.7 Å². The molecule has 2 N–H and O–H groups in total. The molecule has 1 aromatic heterocycles. The molecule has 2 heterocycles. The number of hydrogen-bond acceptors (Lipinski definition) is 3. The van der Waals surface area contributed by atoms with Gasteiger partial charge in [-0.2, -0.15) is 5.10 Å². The van der Waals surface area contributed by atoms with Gasteiger partial charge in [-0.15, -0.1) is 0 Å². The van der Waals surface area contributed by atoms with E-state index in [2.05, 4.69) is 0 Å². The van der Waals surface area contributed by atoms with Crippen molar-refractivity contribution in [2.45, 2.75) is 19.4 Å². The summed E-state index contributed by atoms with van der Waals surface area (Å²) in [4.78, 5) is 26.0. The molecule has 0 aliphatic carbocycles. The Morgan fingerprint density at radius 3 is 2.62 bits per heavy atom. The molecular formula is C25H25ClN4O2. The summed E-state index contributed by atoms with van der Waals surface area (Å²) in [7, 11) is 0. The number of piperidine rings is 1. The summed E-state index contributed by atoms with van der Waals surface area (Å²) in [6.45, 7) is 1.52. The summed E-state index contributed by atoms with van der Waals surface area (Å²) >= 11 is 6.32. The van der Waals surface area contributed by atoms with Gasteiger partial charge in [0.1, 0.15) is 0 Å². The van der Waals surface area contributed by atoms with E-state index in [4.69, 9.17) is 22.4 Å². The largest absolute Gasteiger partial charge is 0.369 e. The van der Waals surface area contributed by atoms with E-state index in [1.165, 1.54) is 0 Å². The number of carbonyl (C=O) groups is 2. The topological polar surface area (TPSA) is 81.2 Å². The van der Waals surface area contributed by atoms with Crippen LogP contribution in [-0.2, 0) is 16.1 Å². The van der Waals surface area contributed by atoms with Crippen molar-refractivity contribution in [3.8, 4) is 11.3 Å². The Morgan fingerprint density at radius 1 is 1.12 bits per heavy atom. The fraction of sp³-hybridized carbons (Fsp3) is 0.240. The number of primary amides is 1. The summed E-state index contributed by atoms with van der Waals surface area (Å²) < 4.78 is 1.83. The predicted molar refractivity (Wildman–Crippen MR) is 126 cm³/mol. The van der Waals surface area contributed by atoms with Crippen LogP contribution in [0, 0.1) is 5.92 Å². The second kappa shape index (κ2) is 9.83. The van der Waals surface area contributed by atoms with Crippen LogP contribution in [0.3, 0.4) is 0 Å². The lowest BCUT2D eigenvalue weighted by Crippen LogP contribution is -2.43. The number of nitrogens with two attached hydrogens (primary N) is 1. The molecular weight excluding hydrogens is 424 g/mol. The smallest absolute Gasteiger partial charge is 0.246 e. The number of benzene rings is 2. The van der Waals surface area contributed by atoms with E-state index in [0.29, 0.717) is 24.7 Å². The van der Waals surface area contributed by atoms with Crippen molar-refractivity contribution < 1.29 is 9.59 Å². The Kier molecular flexibility index (Phi) is 6.71. The first kappa shape index (κ1) is 21.8. The van der Waals surface area contributed by atoms with Crippen molar-refractivity contribution in [1.29, 1.82) is 0 Å². The van der Waals surface area contributed by atoms with Crippen LogP contribution in [0.25, 0.3) is 17.3 Å². The van der Waals surface area contributed by atoms with Crippen LogP contribution in [0.1, 0.15) is 24.0 Å². The molecule has 0 saturated carbocycles. The zero-order chi connectivity index (χ0) is 22.5. The van der Waals surface area contributed by atoms with Crippen LogP contribution in [0.15, 0.2) is 66.9 Å². The molecule has 32 heavy (non-hydrogen) atoms. The molecule has 0 spiro atoms. The van der Waals surface area contributed by atoms with Gasteiger partial charge in [0, 0.05) is 41.5 Å². The predicted octanol–water partition coefficient (Wildman–Crippen LogP) is 3.99. The Labute approximate surface area is 192 Å². The fourth-order valence-electron chi connectivity index (χ4n) is 3.94. The maximum absolute atomic E-state index is 12.8. The molecule has 2 amide bonds. The Morgan fingerprint density at radius 2 is 1.88 bits per heavy atom. The molecule has 1 saturated heterocycles. The van der Waals surface area contributed by atoms with Gasteiger partial charge in [0.25, 0.3) is 0 Å². The number of carbonyl (C=O) groups excluding carboxylic acids is 2. The number of aromatic nitrogens is 2. The third-order valence-electron chi connectivity index (χ3n) is 5.67. The lowest BCUT2D eigenvalue weighted by atomic mass is 9.97.